The van der Waals surface area contributed by atoms with Crippen LogP contribution in [-0.2, 0) is 9.84 Å². The van der Waals surface area contributed by atoms with Crippen LogP contribution < -0.4 is 10.2 Å². The second kappa shape index (κ2) is 6.39. The van der Waals surface area contributed by atoms with Crippen LogP contribution in [0.5, 0.6) is 0 Å². The van der Waals surface area contributed by atoms with E-state index in [2.05, 4.69) is 41.3 Å². The van der Waals surface area contributed by atoms with Crippen molar-refractivity contribution >= 4 is 27.3 Å². The Hall–Kier alpha value is -2.15. The van der Waals surface area contributed by atoms with Crippen molar-refractivity contribution in [1.29, 1.82) is 0 Å². The molecular weight excluding hydrogens is 324 g/mol. The number of hydrogen-bond donors (Lipinski definition) is 1. The zero-order valence-electron chi connectivity index (χ0n) is 14.2. The van der Waals surface area contributed by atoms with E-state index in [0.717, 1.165) is 11.5 Å². The molecule has 0 bridgehead atoms. The maximum Gasteiger partial charge on any atom is 0.229 e. The molecule has 1 unspecified atom stereocenters. The van der Waals surface area contributed by atoms with Gasteiger partial charge in [-0.05, 0) is 49.6 Å². The van der Waals surface area contributed by atoms with Gasteiger partial charge in [0.05, 0.1) is 11.5 Å². The molecule has 1 N–H and O–H groups in total. The summed E-state index contributed by atoms with van der Waals surface area (Å²) in [6.07, 6.45) is 2.33. The lowest BCUT2D eigenvalue weighted by molar-refractivity contribution is 0.600. The number of anilines is 3. The van der Waals surface area contributed by atoms with Crippen LogP contribution in [0.2, 0.25) is 0 Å². The van der Waals surface area contributed by atoms with Crippen molar-refractivity contribution in [1.82, 2.24) is 9.97 Å². The van der Waals surface area contributed by atoms with Gasteiger partial charge in [-0.2, -0.15) is 4.98 Å². The van der Waals surface area contributed by atoms with Gasteiger partial charge < -0.3 is 10.2 Å². The molecule has 3 rings (SSSR count). The number of nitrogens with zero attached hydrogens (tertiary/aromatic N) is 3. The molecule has 0 aliphatic carbocycles. The van der Waals surface area contributed by atoms with Crippen LogP contribution in [-0.4, -0.2) is 43.0 Å². The lowest BCUT2D eigenvalue weighted by Crippen LogP contribution is -2.33. The first kappa shape index (κ1) is 16.7. The summed E-state index contributed by atoms with van der Waals surface area (Å²) in [6, 6.07) is 7.87. The summed E-state index contributed by atoms with van der Waals surface area (Å²) >= 11 is 0. The zero-order valence-corrected chi connectivity index (χ0v) is 15.0. The van der Waals surface area contributed by atoms with Crippen molar-refractivity contribution in [2.24, 2.45) is 0 Å². The minimum Gasteiger partial charge on any atom is -0.355 e. The van der Waals surface area contributed by atoms with Crippen LogP contribution in [0.4, 0.5) is 17.5 Å². The molecule has 1 atom stereocenters. The lowest BCUT2D eigenvalue weighted by Gasteiger charge is -2.24. The Bertz CT molecular complexity index is 851. The van der Waals surface area contributed by atoms with E-state index in [1.165, 1.54) is 11.1 Å². The maximum atomic E-state index is 11.7. The van der Waals surface area contributed by atoms with Gasteiger partial charge >= 0.3 is 0 Å². The first-order chi connectivity index (χ1) is 11.3. The number of sulfone groups is 1. The predicted octanol–water partition coefficient (Wildman–Crippen LogP) is 2.46. The van der Waals surface area contributed by atoms with Crippen molar-refractivity contribution < 1.29 is 8.42 Å². The molecule has 0 amide bonds. The van der Waals surface area contributed by atoms with Gasteiger partial charge in [-0.25, -0.2) is 13.4 Å². The molecular formula is C17H22N4O2S. The summed E-state index contributed by atoms with van der Waals surface area (Å²) < 4.78 is 23.3. The van der Waals surface area contributed by atoms with E-state index in [-0.39, 0.29) is 17.5 Å². The number of nitrogens with one attached hydrogen (secondary N) is 1. The molecule has 2 aromatic rings. The summed E-state index contributed by atoms with van der Waals surface area (Å²) in [5.41, 5.74) is 3.36. The summed E-state index contributed by atoms with van der Waals surface area (Å²) in [5, 5.41) is 3.21. The molecule has 1 fully saturated rings. The minimum atomic E-state index is -2.92. The maximum absolute atomic E-state index is 11.7. The summed E-state index contributed by atoms with van der Waals surface area (Å²) in [5.74, 6) is 1.66. The molecule has 1 aromatic carbocycles. The van der Waals surface area contributed by atoms with Crippen LogP contribution in [0.3, 0.4) is 0 Å². The van der Waals surface area contributed by atoms with Gasteiger partial charge in [-0.15, -0.1) is 0 Å². The van der Waals surface area contributed by atoms with Gasteiger partial charge in [0.15, 0.2) is 9.84 Å². The van der Waals surface area contributed by atoms with Gasteiger partial charge in [0.1, 0.15) is 5.82 Å². The van der Waals surface area contributed by atoms with Gasteiger partial charge in [0.2, 0.25) is 5.95 Å². The SMILES string of the molecule is Cc1ccc(Nc2nccc(N(C)C3CCS(=O)(=O)C3)n2)cc1C. The van der Waals surface area contributed by atoms with Crippen LogP contribution in [0.15, 0.2) is 30.5 Å². The molecule has 1 aromatic heterocycles. The molecule has 7 heteroatoms. The van der Waals surface area contributed by atoms with Gasteiger partial charge in [0.25, 0.3) is 0 Å². The quantitative estimate of drug-likeness (QED) is 0.916. The molecule has 1 saturated heterocycles. The summed E-state index contributed by atoms with van der Waals surface area (Å²) in [4.78, 5) is 10.7. The fraction of sp³-hybridized carbons (Fsp3) is 0.412. The lowest BCUT2D eigenvalue weighted by atomic mass is 10.1. The van der Waals surface area contributed by atoms with Crippen molar-refractivity contribution in [3.8, 4) is 0 Å². The molecule has 2 heterocycles. The fourth-order valence-corrected chi connectivity index (χ4v) is 4.60. The standard InChI is InChI=1S/C17H22N4O2S/c1-12-4-5-14(10-13(12)2)19-17-18-8-6-16(20-17)21(3)15-7-9-24(22,23)11-15/h4-6,8,10,15H,7,9,11H2,1-3H3,(H,18,19,20). The monoisotopic (exact) mass is 346 g/mol. The fourth-order valence-electron chi connectivity index (χ4n) is 2.82. The highest BCUT2D eigenvalue weighted by molar-refractivity contribution is 7.91. The first-order valence-electron chi connectivity index (χ1n) is 7.95. The van der Waals surface area contributed by atoms with Crippen LogP contribution in [0.1, 0.15) is 17.5 Å². The molecule has 128 valence electrons. The first-order valence-corrected chi connectivity index (χ1v) is 9.77. The van der Waals surface area contributed by atoms with Crippen molar-refractivity contribution in [2.45, 2.75) is 26.3 Å². The molecule has 0 radical (unpaired) electrons. The largest absolute Gasteiger partial charge is 0.355 e. The van der Waals surface area contributed by atoms with Gasteiger partial charge in [-0.1, -0.05) is 6.07 Å². The van der Waals surface area contributed by atoms with E-state index in [0.29, 0.717) is 12.4 Å². The Balaban J connectivity index is 1.77. The second-order valence-electron chi connectivity index (χ2n) is 6.33. The van der Waals surface area contributed by atoms with Crippen molar-refractivity contribution in [2.75, 3.05) is 28.8 Å². The molecule has 0 saturated carbocycles. The molecule has 6 nitrogen and oxygen atoms in total. The number of aryl methyl sites for hydroxylation is 2. The highest BCUT2D eigenvalue weighted by atomic mass is 32.2. The number of benzene rings is 1. The van der Waals surface area contributed by atoms with Crippen LogP contribution in [0.25, 0.3) is 0 Å². The van der Waals surface area contributed by atoms with E-state index in [4.69, 9.17) is 0 Å². The Morgan fingerprint density at radius 1 is 1.21 bits per heavy atom. The highest BCUT2D eigenvalue weighted by Crippen LogP contribution is 2.23. The topological polar surface area (TPSA) is 75.2 Å². The summed E-state index contributed by atoms with van der Waals surface area (Å²) in [7, 11) is -1.03. The molecule has 0 spiro atoms. The number of aromatic nitrogens is 2. The van der Waals surface area contributed by atoms with E-state index >= 15 is 0 Å². The van der Waals surface area contributed by atoms with Crippen LogP contribution in [0, 0.1) is 13.8 Å². The molecule has 24 heavy (non-hydrogen) atoms. The van der Waals surface area contributed by atoms with E-state index in [9.17, 15) is 8.42 Å². The third-order valence-electron chi connectivity index (χ3n) is 4.52. The van der Waals surface area contributed by atoms with E-state index < -0.39 is 9.84 Å². The van der Waals surface area contributed by atoms with Gasteiger partial charge in [0, 0.05) is 25.0 Å². The van der Waals surface area contributed by atoms with Crippen molar-refractivity contribution in [3.05, 3.63) is 41.6 Å². The normalized spacial score (nSPS) is 19.2. The Morgan fingerprint density at radius 2 is 2.00 bits per heavy atom. The smallest absolute Gasteiger partial charge is 0.229 e. The zero-order chi connectivity index (χ0) is 17.3. The Morgan fingerprint density at radius 3 is 2.67 bits per heavy atom. The average Bonchev–Trinajstić information content (AvgIpc) is 2.90. The van der Waals surface area contributed by atoms with Crippen molar-refractivity contribution in [3.63, 3.8) is 0 Å². The van der Waals surface area contributed by atoms with E-state index in [1.54, 1.807) is 12.3 Å². The molecule has 1 aliphatic rings. The second-order valence-corrected chi connectivity index (χ2v) is 8.56. The minimum absolute atomic E-state index is 0.0284. The Kier molecular flexibility index (Phi) is 4.45. The summed E-state index contributed by atoms with van der Waals surface area (Å²) in [6.45, 7) is 4.13. The number of rotatable bonds is 4. The highest BCUT2D eigenvalue weighted by Gasteiger charge is 2.31. The third-order valence-corrected chi connectivity index (χ3v) is 6.27. The molecule has 1 aliphatic heterocycles. The van der Waals surface area contributed by atoms with Gasteiger partial charge in [-0.3, -0.25) is 0 Å². The third kappa shape index (κ3) is 3.67. The van der Waals surface area contributed by atoms with E-state index in [1.807, 2.05) is 18.0 Å². The van der Waals surface area contributed by atoms with Crippen LogP contribution >= 0.6 is 0 Å². The number of hydrogen-bond acceptors (Lipinski definition) is 6. The average molecular weight is 346 g/mol. The Labute approximate surface area is 142 Å². The predicted molar refractivity (Wildman–Crippen MR) is 96.7 cm³/mol.